The number of hydrogen-bond donors (Lipinski definition) is 1. The third-order valence-electron chi connectivity index (χ3n) is 6.89. The number of benzene rings is 1. The normalized spacial score (nSPS) is 31.8. The Morgan fingerprint density at radius 1 is 1.12 bits per heavy atom. The molecule has 4 aliphatic rings. The van der Waals surface area contributed by atoms with Crippen molar-refractivity contribution in [3.05, 3.63) is 29.8 Å². The fourth-order valence-electron chi connectivity index (χ4n) is 5.32. The van der Waals surface area contributed by atoms with E-state index in [1.807, 2.05) is 6.07 Å². The first kappa shape index (κ1) is 16.6. The Morgan fingerprint density at radius 2 is 1.92 bits per heavy atom. The van der Waals surface area contributed by atoms with Crippen LogP contribution >= 0.6 is 0 Å². The van der Waals surface area contributed by atoms with Gasteiger partial charge >= 0.3 is 0 Å². The number of carbonyl (C=O) groups excluding carboxylic acids is 1. The molecule has 4 nitrogen and oxygen atoms in total. The van der Waals surface area contributed by atoms with Crippen molar-refractivity contribution in [1.82, 2.24) is 10.2 Å². The number of carbonyl (C=O) groups is 1. The van der Waals surface area contributed by atoms with Gasteiger partial charge in [0.15, 0.2) is 0 Å². The van der Waals surface area contributed by atoms with Crippen LogP contribution in [0.15, 0.2) is 24.3 Å². The van der Waals surface area contributed by atoms with E-state index >= 15 is 0 Å². The molecule has 2 saturated carbocycles. The van der Waals surface area contributed by atoms with Gasteiger partial charge in [0, 0.05) is 36.7 Å². The summed E-state index contributed by atoms with van der Waals surface area (Å²) >= 11 is 0. The maximum atomic E-state index is 13.1. The lowest BCUT2D eigenvalue weighted by Gasteiger charge is -2.34. The van der Waals surface area contributed by atoms with Gasteiger partial charge in [0.05, 0.1) is 12.5 Å². The number of rotatable bonds is 4. The number of nitrogens with one attached hydrogen (secondary N) is 1. The number of likely N-dealkylation sites (tertiary alicyclic amines) is 1. The molecule has 0 radical (unpaired) electrons. The van der Waals surface area contributed by atoms with Gasteiger partial charge < -0.3 is 10.1 Å². The quantitative estimate of drug-likeness (QED) is 0.899. The molecule has 1 aromatic carbocycles. The van der Waals surface area contributed by atoms with Crippen LogP contribution in [0, 0.1) is 17.8 Å². The molecular formula is C22H30N2O2. The van der Waals surface area contributed by atoms with Crippen molar-refractivity contribution in [2.75, 3.05) is 19.7 Å². The Balaban J connectivity index is 1.37. The smallest absolute Gasteiger partial charge is 0.225 e. The summed E-state index contributed by atoms with van der Waals surface area (Å²) in [7, 11) is 0. The zero-order valence-corrected chi connectivity index (χ0v) is 15.5. The standard InChI is InChI=1S/C22H30N2O2/c25-22(23-16-6-2-1-3-7-16)18-13-24(12-15-10-11-15)21-17-8-4-5-9-20(17)26-14-19(18)21/h4-5,8-9,15-16,18-19,21H,1-3,6-7,10-14H2,(H,23,25)/t18-,19+,21+/m1/s1. The SMILES string of the molecule is O=C(NC1CCCCC1)[C@@H]1CN(CC2CC2)[C@H]2c3ccccc3OC[C@@H]12. The Labute approximate surface area is 156 Å². The van der Waals surface area contributed by atoms with Crippen LogP contribution in [0.25, 0.3) is 0 Å². The number of para-hydroxylation sites is 1. The van der Waals surface area contributed by atoms with Gasteiger partial charge in [-0.25, -0.2) is 0 Å². The van der Waals surface area contributed by atoms with Gasteiger partial charge in [-0.05, 0) is 37.7 Å². The summed E-state index contributed by atoms with van der Waals surface area (Å²) in [4.78, 5) is 15.7. The number of nitrogens with zero attached hydrogens (tertiary/aromatic N) is 1. The predicted molar refractivity (Wildman–Crippen MR) is 101 cm³/mol. The van der Waals surface area contributed by atoms with Crippen LogP contribution in [0.5, 0.6) is 5.75 Å². The molecule has 1 saturated heterocycles. The van der Waals surface area contributed by atoms with Gasteiger partial charge in [0.25, 0.3) is 0 Å². The maximum absolute atomic E-state index is 13.1. The zero-order chi connectivity index (χ0) is 17.5. The van der Waals surface area contributed by atoms with Crippen molar-refractivity contribution in [1.29, 1.82) is 0 Å². The average molecular weight is 354 g/mol. The van der Waals surface area contributed by atoms with E-state index in [-0.39, 0.29) is 17.7 Å². The number of hydrogen-bond acceptors (Lipinski definition) is 3. The highest BCUT2D eigenvalue weighted by molar-refractivity contribution is 5.80. The minimum Gasteiger partial charge on any atom is -0.493 e. The van der Waals surface area contributed by atoms with E-state index in [1.54, 1.807) is 0 Å². The summed E-state index contributed by atoms with van der Waals surface area (Å²) in [5.74, 6) is 2.48. The topological polar surface area (TPSA) is 41.6 Å². The van der Waals surface area contributed by atoms with Gasteiger partial charge in [0.2, 0.25) is 5.91 Å². The molecule has 0 bridgehead atoms. The lowest BCUT2D eigenvalue weighted by Crippen LogP contribution is -2.43. The molecular weight excluding hydrogens is 324 g/mol. The van der Waals surface area contributed by atoms with E-state index in [1.165, 1.54) is 37.7 Å². The largest absolute Gasteiger partial charge is 0.493 e. The molecule has 3 atom stereocenters. The van der Waals surface area contributed by atoms with Crippen molar-refractivity contribution >= 4 is 5.91 Å². The molecule has 0 spiro atoms. The molecule has 26 heavy (non-hydrogen) atoms. The molecule has 140 valence electrons. The van der Waals surface area contributed by atoms with E-state index in [2.05, 4.69) is 28.4 Å². The van der Waals surface area contributed by atoms with Gasteiger partial charge in [-0.3, -0.25) is 9.69 Å². The number of fused-ring (bicyclic) bond motifs is 3. The lowest BCUT2D eigenvalue weighted by molar-refractivity contribution is -0.127. The Kier molecular flexibility index (Phi) is 4.39. The molecule has 1 aromatic rings. The van der Waals surface area contributed by atoms with E-state index in [0.717, 1.165) is 37.6 Å². The fraction of sp³-hybridized carbons (Fsp3) is 0.682. The second kappa shape index (κ2) is 6.88. The summed E-state index contributed by atoms with van der Waals surface area (Å²) in [5, 5.41) is 3.39. The van der Waals surface area contributed by atoms with Gasteiger partial charge in [-0.1, -0.05) is 37.5 Å². The van der Waals surface area contributed by atoms with Crippen molar-refractivity contribution < 1.29 is 9.53 Å². The Bertz CT molecular complexity index is 666. The molecule has 2 aliphatic carbocycles. The molecule has 0 unspecified atom stereocenters. The van der Waals surface area contributed by atoms with E-state index in [0.29, 0.717) is 18.7 Å². The summed E-state index contributed by atoms with van der Waals surface area (Å²) in [6, 6.07) is 9.18. The summed E-state index contributed by atoms with van der Waals surface area (Å²) in [6.07, 6.45) is 8.84. The van der Waals surface area contributed by atoms with Crippen LogP contribution in [-0.4, -0.2) is 36.5 Å². The number of amides is 1. The van der Waals surface area contributed by atoms with Crippen molar-refractivity contribution in [2.45, 2.75) is 57.0 Å². The van der Waals surface area contributed by atoms with Crippen LogP contribution in [0.4, 0.5) is 0 Å². The highest BCUT2D eigenvalue weighted by Gasteiger charge is 2.49. The maximum Gasteiger partial charge on any atom is 0.225 e. The summed E-state index contributed by atoms with van der Waals surface area (Å²) < 4.78 is 6.07. The monoisotopic (exact) mass is 354 g/mol. The van der Waals surface area contributed by atoms with Crippen LogP contribution in [0.1, 0.15) is 56.6 Å². The van der Waals surface area contributed by atoms with Crippen LogP contribution in [0.3, 0.4) is 0 Å². The molecule has 1 N–H and O–H groups in total. The number of ether oxygens (including phenoxy) is 1. The first-order valence-corrected chi connectivity index (χ1v) is 10.6. The fourth-order valence-corrected chi connectivity index (χ4v) is 5.32. The second-order valence-electron chi connectivity index (χ2n) is 8.80. The molecule has 2 heterocycles. The first-order chi connectivity index (χ1) is 12.8. The minimum atomic E-state index is 0.0639. The van der Waals surface area contributed by atoms with Crippen molar-refractivity contribution in [2.24, 2.45) is 17.8 Å². The van der Waals surface area contributed by atoms with E-state index in [9.17, 15) is 4.79 Å². The first-order valence-electron chi connectivity index (χ1n) is 10.6. The average Bonchev–Trinajstić information content (AvgIpc) is 3.41. The van der Waals surface area contributed by atoms with Crippen molar-refractivity contribution in [3.63, 3.8) is 0 Å². The molecule has 2 aliphatic heterocycles. The van der Waals surface area contributed by atoms with E-state index in [4.69, 9.17) is 4.74 Å². The molecule has 0 aromatic heterocycles. The third kappa shape index (κ3) is 3.13. The van der Waals surface area contributed by atoms with Gasteiger partial charge in [-0.15, -0.1) is 0 Å². The highest BCUT2D eigenvalue weighted by Crippen LogP contribution is 2.48. The lowest BCUT2D eigenvalue weighted by atomic mass is 9.84. The van der Waals surface area contributed by atoms with Gasteiger partial charge in [0.1, 0.15) is 5.75 Å². The molecule has 4 heteroatoms. The van der Waals surface area contributed by atoms with Crippen LogP contribution in [0.2, 0.25) is 0 Å². The third-order valence-corrected chi connectivity index (χ3v) is 6.89. The summed E-state index contributed by atoms with van der Waals surface area (Å²) in [5.41, 5.74) is 1.29. The van der Waals surface area contributed by atoms with Crippen molar-refractivity contribution in [3.8, 4) is 5.75 Å². The Morgan fingerprint density at radius 3 is 2.73 bits per heavy atom. The highest BCUT2D eigenvalue weighted by atomic mass is 16.5. The van der Waals surface area contributed by atoms with Crippen LogP contribution < -0.4 is 10.1 Å². The Hall–Kier alpha value is -1.55. The zero-order valence-electron chi connectivity index (χ0n) is 15.5. The predicted octanol–water partition coefficient (Wildman–Crippen LogP) is 3.53. The molecule has 3 fully saturated rings. The molecule has 1 amide bonds. The minimum absolute atomic E-state index is 0.0639. The van der Waals surface area contributed by atoms with E-state index < -0.39 is 0 Å². The van der Waals surface area contributed by atoms with Gasteiger partial charge in [-0.2, -0.15) is 0 Å². The molecule has 5 rings (SSSR count). The van der Waals surface area contributed by atoms with Crippen LogP contribution in [-0.2, 0) is 4.79 Å². The second-order valence-corrected chi connectivity index (χ2v) is 8.80. The summed E-state index contributed by atoms with van der Waals surface area (Å²) in [6.45, 7) is 2.70.